The number of aliphatic hydroxyl groups is 1. The zero-order valence-corrected chi connectivity index (χ0v) is 26.6. The maximum absolute atomic E-state index is 15.3. The Bertz CT molecular complexity index is 1880. The number of pyridine rings is 1. The molecule has 1 saturated carbocycles. The highest BCUT2D eigenvalue weighted by atomic mass is 19.1. The van der Waals surface area contributed by atoms with Crippen LogP contribution in [-0.2, 0) is 4.79 Å². The molecule has 1 amide bonds. The molecule has 0 bridgehead atoms. The van der Waals surface area contributed by atoms with E-state index in [-0.39, 0.29) is 23.2 Å². The number of fused-ring (bicyclic) bond motifs is 1. The molecule has 7 rings (SSSR count). The smallest absolute Gasteiger partial charge is 0.259 e. The number of allylic oxidation sites excluding steroid dienone is 1. The fraction of sp³-hybridized carbons (Fsp3) is 0.297. The van der Waals surface area contributed by atoms with Gasteiger partial charge in [-0.2, -0.15) is 0 Å². The summed E-state index contributed by atoms with van der Waals surface area (Å²) in [5.74, 6) is 0.162. The molecule has 242 valence electrons. The van der Waals surface area contributed by atoms with E-state index in [0.29, 0.717) is 46.0 Å². The number of β-amino-alcohol motifs (C(OH)–C–C–N with tert-alkyl or cyclic N) is 1. The van der Waals surface area contributed by atoms with E-state index in [1.807, 2.05) is 72.5 Å². The lowest BCUT2D eigenvalue weighted by Crippen LogP contribution is -2.32. The van der Waals surface area contributed by atoms with Gasteiger partial charge >= 0.3 is 0 Å². The number of hydrogen-bond acceptors (Lipinski definition) is 8. The molecule has 1 aliphatic carbocycles. The molecule has 2 fully saturated rings. The lowest BCUT2D eigenvalue weighted by Gasteiger charge is -2.29. The molecule has 3 heterocycles. The number of carbonyl (C=O) groups is 1. The lowest BCUT2D eigenvalue weighted by molar-refractivity contribution is -0.112. The van der Waals surface area contributed by atoms with Gasteiger partial charge in [0.05, 0.1) is 35.2 Å². The van der Waals surface area contributed by atoms with E-state index >= 15 is 4.39 Å². The number of benzene rings is 3. The van der Waals surface area contributed by atoms with Gasteiger partial charge in [-0.15, -0.1) is 0 Å². The Hall–Kier alpha value is -4.93. The van der Waals surface area contributed by atoms with Crippen LogP contribution in [0, 0.1) is 11.2 Å². The van der Waals surface area contributed by atoms with Crippen LogP contribution in [0.15, 0.2) is 103 Å². The first-order valence-corrected chi connectivity index (χ1v) is 15.9. The first kappa shape index (κ1) is 30.7. The van der Waals surface area contributed by atoms with Crippen molar-refractivity contribution >= 4 is 28.2 Å². The van der Waals surface area contributed by atoms with E-state index in [2.05, 4.69) is 21.8 Å². The number of carbonyl (C=O) groups excluding carboxylic acids is 1. The topological polar surface area (TPSA) is 90.4 Å². The maximum Gasteiger partial charge on any atom is 0.259 e. The summed E-state index contributed by atoms with van der Waals surface area (Å²) in [4.78, 5) is 20.1. The van der Waals surface area contributed by atoms with Crippen LogP contribution in [0.25, 0.3) is 10.9 Å². The van der Waals surface area contributed by atoms with Gasteiger partial charge in [-0.05, 0) is 68.7 Å². The zero-order valence-electron chi connectivity index (χ0n) is 26.6. The monoisotopic (exact) mass is 635 g/mol. The van der Waals surface area contributed by atoms with Crippen molar-refractivity contribution in [1.82, 2.24) is 14.9 Å². The number of hydrogen-bond donors (Lipinski definition) is 2. The van der Waals surface area contributed by atoms with Crippen molar-refractivity contribution in [2.45, 2.75) is 32.3 Å². The van der Waals surface area contributed by atoms with Crippen molar-refractivity contribution in [3.8, 4) is 17.2 Å². The minimum atomic E-state index is -0.621. The molecule has 2 N–H and O–H groups in total. The van der Waals surface area contributed by atoms with Crippen LogP contribution in [-0.4, -0.2) is 65.3 Å². The molecule has 2 aliphatic heterocycles. The highest BCUT2D eigenvalue weighted by Crippen LogP contribution is 2.52. The Kier molecular flexibility index (Phi) is 8.07. The number of hydrazine groups is 1. The number of rotatable bonds is 10. The summed E-state index contributed by atoms with van der Waals surface area (Å²) in [6.45, 7) is 9.19. The Morgan fingerprint density at radius 2 is 1.91 bits per heavy atom. The van der Waals surface area contributed by atoms with Crippen LogP contribution >= 0.6 is 0 Å². The number of likely N-dealkylation sites (tertiary alicyclic amines) is 1. The molecule has 1 aromatic heterocycles. The van der Waals surface area contributed by atoms with Crippen LogP contribution in [0.1, 0.15) is 26.2 Å². The molecule has 4 aromatic rings. The van der Waals surface area contributed by atoms with E-state index in [4.69, 9.17) is 9.47 Å². The fourth-order valence-corrected chi connectivity index (χ4v) is 6.61. The van der Waals surface area contributed by atoms with Gasteiger partial charge in [0.15, 0.2) is 11.6 Å². The zero-order chi connectivity index (χ0) is 32.7. The summed E-state index contributed by atoms with van der Waals surface area (Å²) < 4.78 is 27.3. The van der Waals surface area contributed by atoms with Crippen LogP contribution in [0.2, 0.25) is 0 Å². The van der Waals surface area contributed by atoms with Gasteiger partial charge in [0.2, 0.25) is 0 Å². The summed E-state index contributed by atoms with van der Waals surface area (Å²) in [5.41, 5.74) is 3.67. The van der Waals surface area contributed by atoms with E-state index in [0.717, 1.165) is 50.3 Å². The Morgan fingerprint density at radius 3 is 2.66 bits per heavy atom. The van der Waals surface area contributed by atoms with Gasteiger partial charge in [-0.25, -0.2) is 4.39 Å². The average Bonchev–Trinajstić information content (AvgIpc) is 3.72. The highest BCUT2D eigenvalue weighted by Gasteiger charge is 2.54. The number of ether oxygens (including phenoxy) is 2. The molecule has 3 aromatic carbocycles. The Balaban J connectivity index is 0.973. The van der Waals surface area contributed by atoms with Gasteiger partial charge in [-0.3, -0.25) is 24.7 Å². The number of nitrogens with one attached hydrogen (secondary N) is 1. The highest BCUT2D eigenvalue weighted by molar-refractivity contribution is 6.08. The van der Waals surface area contributed by atoms with Crippen LogP contribution in [0.3, 0.4) is 0 Å². The lowest BCUT2D eigenvalue weighted by atomic mass is 10.0. The molecule has 1 unspecified atom stereocenters. The van der Waals surface area contributed by atoms with Crippen LogP contribution in [0.5, 0.6) is 17.2 Å². The third-order valence-electron chi connectivity index (χ3n) is 9.46. The number of nitrogens with zero attached hydrogens (tertiary/aromatic N) is 4. The van der Waals surface area contributed by atoms with E-state index in [1.165, 1.54) is 12.1 Å². The predicted molar refractivity (Wildman–Crippen MR) is 180 cm³/mol. The van der Waals surface area contributed by atoms with Crippen LogP contribution < -0.4 is 19.8 Å². The van der Waals surface area contributed by atoms with E-state index in [1.54, 1.807) is 18.3 Å². The number of amides is 1. The van der Waals surface area contributed by atoms with Crippen molar-refractivity contribution in [2.24, 2.45) is 5.41 Å². The van der Waals surface area contributed by atoms with E-state index in [9.17, 15) is 9.90 Å². The Labute approximate surface area is 273 Å². The van der Waals surface area contributed by atoms with Gasteiger partial charge in [0, 0.05) is 67.2 Å². The SMILES string of the molecule is C=C1C(C(=O)Nc2ccc(Oc3ccnc4cc(OCCCN5CC(O)C6(CC6)C5)ccc34)c(F)c2)=C(C)N(C)N1c1ccccc1. The van der Waals surface area contributed by atoms with Gasteiger partial charge in [0.25, 0.3) is 5.91 Å². The second-order valence-electron chi connectivity index (χ2n) is 12.6. The summed E-state index contributed by atoms with van der Waals surface area (Å²) in [6.07, 6.45) is 4.55. The molecule has 3 aliphatic rings. The molecule has 9 nitrogen and oxygen atoms in total. The number of aliphatic hydroxyl groups excluding tert-OH is 1. The molecule has 47 heavy (non-hydrogen) atoms. The molecular formula is C37H38FN5O4. The minimum absolute atomic E-state index is 0.0199. The fourth-order valence-electron chi connectivity index (χ4n) is 6.61. The normalized spacial score (nSPS) is 18.8. The molecule has 0 radical (unpaired) electrons. The summed E-state index contributed by atoms with van der Waals surface area (Å²) >= 11 is 0. The standard InChI is InChI=1S/C37H38FN5O4/c1-24-35(25(2)43(41(24)3)27-8-5-4-6-9-27)36(45)40-26-10-13-33(30(38)20-26)47-32-14-17-39-31-21-28(11-12-29(31)32)46-19-7-18-42-22-34(44)37(23-42)15-16-37/h4-6,8-14,17,20-21,34,44H,2,7,15-16,18-19,22-23H2,1,3H3,(H,40,45). The first-order valence-electron chi connectivity index (χ1n) is 15.9. The molecular weight excluding hydrogens is 597 g/mol. The Morgan fingerprint density at radius 1 is 1.11 bits per heavy atom. The third-order valence-corrected chi connectivity index (χ3v) is 9.46. The first-order chi connectivity index (χ1) is 22.7. The van der Waals surface area contributed by atoms with Crippen molar-refractivity contribution in [1.29, 1.82) is 0 Å². The third kappa shape index (κ3) is 6.02. The maximum atomic E-state index is 15.3. The summed E-state index contributed by atoms with van der Waals surface area (Å²) in [7, 11) is 1.86. The van der Waals surface area contributed by atoms with Crippen molar-refractivity contribution < 1.29 is 23.8 Å². The second-order valence-corrected chi connectivity index (χ2v) is 12.6. The van der Waals surface area contributed by atoms with Gasteiger partial charge in [0.1, 0.15) is 11.5 Å². The summed E-state index contributed by atoms with van der Waals surface area (Å²) in [6, 6.07) is 21.2. The number of aromatic nitrogens is 1. The van der Waals surface area contributed by atoms with E-state index < -0.39 is 5.82 Å². The number of halogens is 1. The number of anilines is 2. The van der Waals surface area contributed by atoms with Crippen molar-refractivity contribution in [3.05, 3.63) is 108 Å². The van der Waals surface area contributed by atoms with Gasteiger partial charge in [-0.1, -0.05) is 24.8 Å². The molecule has 1 spiro atoms. The molecule has 1 atom stereocenters. The number of para-hydroxylation sites is 1. The minimum Gasteiger partial charge on any atom is -0.493 e. The van der Waals surface area contributed by atoms with Crippen molar-refractivity contribution in [3.63, 3.8) is 0 Å². The quantitative estimate of drug-likeness (QED) is 0.191. The van der Waals surface area contributed by atoms with Gasteiger partial charge < -0.3 is 19.9 Å². The largest absolute Gasteiger partial charge is 0.493 e. The predicted octanol–water partition coefficient (Wildman–Crippen LogP) is 6.49. The second kappa shape index (κ2) is 12.4. The molecule has 1 saturated heterocycles. The molecule has 10 heteroatoms. The van der Waals surface area contributed by atoms with Crippen molar-refractivity contribution in [2.75, 3.05) is 43.6 Å². The van der Waals surface area contributed by atoms with Crippen LogP contribution in [0.4, 0.5) is 15.8 Å². The average molecular weight is 636 g/mol. The summed E-state index contributed by atoms with van der Waals surface area (Å²) in [5, 5.41) is 17.5.